The number of carbonyl (C=O) groups is 1. The molecule has 5 aliphatic rings. The Kier molecular flexibility index (Phi) is 4.07. The maximum Gasteiger partial charge on any atom is 0.274 e. The first-order chi connectivity index (χ1) is 16.9. The number of aromatic nitrogens is 4. The number of pyridine rings is 1. The van der Waals surface area contributed by atoms with Crippen LogP contribution < -0.4 is 21.5 Å². The van der Waals surface area contributed by atoms with Gasteiger partial charge in [0.2, 0.25) is 0 Å². The number of carbonyl (C=O) groups excluding carboxylic acids is 1. The lowest BCUT2D eigenvalue weighted by molar-refractivity contribution is -0.0828. The Hall–Kier alpha value is -3.44. The van der Waals surface area contributed by atoms with E-state index in [9.17, 15) is 9.59 Å². The highest BCUT2D eigenvalue weighted by molar-refractivity contribution is 6.00. The van der Waals surface area contributed by atoms with E-state index < -0.39 is 0 Å². The fraction of sp³-hybridized carbons (Fsp3) is 0.500. The van der Waals surface area contributed by atoms with Crippen molar-refractivity contribution in [3.05, 3.63) is 46.5 Å². The largest absolute Gasteiger partial charge is 0.376 e. The lowest BCUT2D eigenvalue weighted by Gasteiger charge is -2.45. The molecule has 3 aliphatic carbocycles. The second-order valence-corrected chi connectivity index (χ2v) is 10.1. The first kappa shape index (κ1) is 20.9. The van der Waals surface area contributed by atoms with Crippen LogP contribution in [0.3, 0.4) is 0 Å². The van der Waals surface area contributed by atoms with Crippen LogP contribution in [0.2, 0.25) is 0 Å². The SMILES string of the molecule is CNc1cc(Nc2cccn([C@]34C5OC[C@@H]3[C@H]54)c2=O)nc2c(C(=O)N[C@H]3CC[C@]3(C)OC)cnn12. The van der Waals surface area contributed by atoms with E-state index in [4.69, 9.17) is 9.47 Å². The Morgan fingerprint density at radius 2 is 2.23 bits per heavy atom. The van der Waals surface area contributed by atoms with Crippen LogP contribution in [0.15, 0.2) is 35.4 Å². The molecule has 2 bridgehead atoms. The van der Waals surface area contributed by atoms with Gasteiger partial charge in [-0.25, -0.2) is 4.98 Å². The zero-order chi connectivity index (χ0) is 24.1. The summed E-state index contributed by atoms with van der Waals surface area (Å²) in [6.45, 7) is 2.73. The number of nitrogens with one attached hydrogen (secondary N) is 3. The Balaban J connectivity index is 1.21. The van der Waals surface area contributed by atoms with Gasteiger partial charge in [0.25, 0.3) is 11.5 Å². The number of hydrogen-bond acceptors (Lipinski definition) is 8. The second kappa shape index (κ2) is 6.82. The van der Waals surface area contributed by atoms with Gasteiger partial charge in [0.05, 0.1) is 36.1 Å². The maximum absolute atomic E-state index is 13.3. The van der Waals surface area contributed by atoms with Gasteiger partial charge in [-0.15, -0.1) is 0 Å². The smallest absolute Gasteiger partial charge is 0.274 e. The Morgan fingerprint density at radius 3 is 2.89 bits per heavy atom. The average molecular weight is 478 g/mol. The highest BCUT2D eigenvalue weighted by atomic mass is 16.5. The molecule has 3 N–H and O–H groups in total. The van der Waals surface area contributed by atoms with Gasteiger partial charge in [0.1, 0.15) is 22.9 Å². The van der Waals surface area contributed by atoms with E-state index in [2.05, 4.69) is 26.0 Å². The first-order valence-corrected chi connectivity index (χ1v) is 12.0. The lowest BCUT2D eigenvalue weighted by Crippen LogP contribution is -2.59. The van der Waals surface area contributed by atoms with Crippen LogP contribution in [0.5, 0.6) is 0 Å². The van der Waals surface area contributed by atoms with Crippen molar-refractivity contribution in [3.8, 4) is 0 Å². The molecule has 3 saturated carbocycles. The summed E-state index contributed by atoms with van der Waals surface area (Å²) in [7, 11) is 3.43. The van der Waals surface area contributed by atoms with Gasteiger partial charge in [0.15, 0.2) is 5.65 Å². The van der Waals surface area contributed by atoms with E-state index in [0.29, 0.717) is 40.4 Å². The highest BCUT2D eigenvalue weighted by Crippen LogP contribution is 2.82. The van der Waals surface area contributed by atoms with Crippen molar-refractivity contribution in [3.63, 3.8) is 0 Å². The van der Waals surface area contributed by atoms with Gasteiger partial charge in [0, 0.05) is 38.3 Å². The third-order valence-electron chi connectivity index (χ3n) is 8.62. The molecule has 0 aromatic carbocycles. The molecule has 3 aromatic rings. The molecule has 0 spiro atoms. The predicted molar refractivity (Wildman–Crippen MR) is 127 cm³/mol. The fourth-order valence-corrected chi connectivity index (χ4v) is 6.14. The van der Waals surface area contributed by atoms with Crippen LogP contribution in [0.25, 0.3) is 5.65 Å². The molecular weight excluding hydrogens is 450 g/mol. The van der Waals surface area contributed by atoms with Gasteiger partial charge in [-0.2, -0.15) is 9.61 Å². The quantitative estimate of drug-likeness (QED) is 0.466. The molecular formula is C24H27N7O4. The summed E-state index contributed by atoms with van der Waals surface area (Å²) in [4.78, 5) is 31.1. The number of methoxy groups -OCH3 is 1. The normalized spacial score (nSPS) is 33.7. The molecule has 3 aromatic heterocycles. The number of nitrogens with zero attached hydrogens (tertiary/aromatic N) is 4. The van der Waals surface area contributed by atoms with Gasteiger partial charge in [-0.05, 0) is 31.9 Å². The monoisotopic (exact) mass is 477 g/mol. The van der Waals surface area contributed by atoms with Crippen LogP contribution in [0.4, 0.5) is 17.3 Å². The minimum Gasteiger partial charge on any atom is -0.376 e. The van der Waals surface area contributed by atoms with Crippen LogP contribution >= 0.6 is 0 Å². The Morgan fingerprint density at radius 1 is 1.37 bits per heavy atom. The minimum absolute atomic E-state index is 0.0739. The summed E-state index contributed by atoms with van der Waals surface area (Å²) in [6.07, 6.45) is 5.28. The van der Waals surface area contributed by atoms with Gasteiger partial charge in [-0.1, -0.05) is 0 Å². The number of anilines is 3. The van der Waals surface area contributed by atoms with E-state index in [1.165, 1.54) is 6.20 Å². The first-order valence-electron chi connectivity index (χ1n) is 12.0. The topological polar surface area (TPSA) is 124 Å². The van der Waals surface area contributed by atoms with E-state index in [-0.39, 0.29) is 34.8 Å². The number of fused-ring (bicyclic) bond motifs is 2. The fourth-order valence-electron chi connectivity index (χ4n) is 6.14. The molecule has 1 amide bonds. The van der Waals surface area contributed by atoms with Crippen LogP contribution in [-0.2, 0) is 15.0 Å². The zero-order valence-electron chi connectivity index (χ0n) is 19.7. The van der Waals surface area contributed by atoms with Gasteiger partial charge < -0.3 is 30.0 Å². The molecule has 11 nitrogen and oxygen atoms in total. The lowest BCUT2D eigenvalue weighted by atomic mass is 9.76. The molecule has 2 aliphatic heterocycles. The standard InChI is InChI=1S/C24H27N7O4/c1-23(34-3)7-6-15(23)28-21(32)12-10-26-31-17(25-2)9-16(29-20(12)31)27-14-5-4-8-30(22(14)33)24-13-11-35-19(24)18(13)24/h4-5,8-10,13,15,18-19,25H,6-7,11H2,1-3H3,(H,27,29)(H,28,32)/t13-,15+,18-,19?,23+,24-/m1/s1. The summed E-state index contributed by atoms with van der Waals surface area (Å²) in [5.41, 5.74) is 0.559. The van der Waals surface area contributed by atoms with E-state index in [1.54, 1.807) is 30.8 Å². The predicted octanol–water partition coefficient (Wildman–Crippen LogP) is 1.33. The number of rotatable bonds is 7. The molecule has 5 fully saturated rings. The highest BCUT2D eigenvalue weighted by Gasteiger charge is 2.93. The molecule has 6 atom stereocenters. The summed E-state index contributed by atoms with van der Waals surface area (Å²) >= 11 is 0. The Bertz CT molecular complexity index is 1420. The Labute approximate surface area is 200 Å². The molecule has 1 unspecified atom stereocenters. The second-order valence-electron chi connectivity index (χ2n) is 10.1. The van der Waals surface area contributed by atoms with Crippen molar-refractivity contribution in [2.45, 2.75) is 43.1 Å². The van der Waals surface area contributed by atoms with E-state index in [0.717, 1.165) is 19.4 Å². The van der Waals surface area contributed by atoms with Crippen molar-refractivity contribution >= 4 is 28.9 Å². The maximum atomic E-state index is 13.3. The van der Waals surface area contributed by atoms with Crippen molar-refractivity contribution in [1.82, 2.24) is 24.5 Å². The summed E-state index contributed by atoms with van der Waals surface area (Å²) in [6, 6.07) is 5.30. The van der Waals surface area contributed by atoms with Crippen molar-refractivity contribution in [2.24, 2.45) is 11.8 Å². The van der Waals surface area contributed by atoms with Crippen LogP contribution in [0, 0.1) is 11.8 Å². The van der Waals surface area contributed by atoms with Crippen molar-refractivity contribution in [1.29, 1.82) is 0 Å². The van der Waals surface area contributed by atoms with Crippen molar-refractivity contribution in [2.75, 3.05) is 31.4 Å². The minimum atomic E-state index is -0.367. The molecule has 2 saturated heterocycles. The van der Waals surface area contributed by atoms with Crippen LogP contribution in [0.1, 0.15) is 30.1 Å². The van der Waals surface area contributed by atoms with Crippen LogP contribution in [-0.4, -0.2) is 63.6 Å². The number of hydrogen-bond donors (Lipinski definition) is 3. The van der Waals surface area contributed by atoms with Gasteiger partial charge >= 0.3 is 0 Å². The third kappa shape index (κ3) is 2.62. The van der Waals surface area contributed by atoms with E-state index in [1.807, 2.05) is 23.8 Å². The van der Waals surface area contributed by atoms with Gasteiger partial charge in [-0.3, -0.25) is 9.59 Å². The third-order valence-corrected chi connectivity index (χ3v) is 8.62. The number of ether oxygens (including phenoxy) is 2. The average Bonchev–Trinajstić information content (AvgIpc) is 3.37. The molecule has 8 rings (SSSR count). The molecule has 11 heteroatoms. The zero-order valence-corrected chi connectivity index (χ0v) is 19.7. The number of amides is 1. The summed E-state index contributed by atoms with van der Waals surface area (Å²) in [5, 5.41) is 13.7. The summed E-state index contributed by atoms with van der Waals surface area (Å²) in [5.74, 6) is 1.74. The molecule has 35 heavy (non-hydrogen) atoms. The molecule has 182 valence electrons. The molecule has 0 radical (unpaired) electrons. The molecule has 5 heterocycles. The van der Waals surface area contributed by atoms with Crippen molar-refractivity contribution < 1.29 is 14.3 Å². The van der Waals surface area contributed by atoms with E-state index >= 15 is 0 Å². The summed E-state index contributed by atoms with van der Waals surface area (Å²) < 4.78 is 14.7.